The minimum Gasteiger partial charge on any atom is -0.495 e. The number of rotatable bonds is 8. The number of nitrogens with one attached hydrogen (secondary N) is 1. The van der Waals surface area contributed by atoms with Crippen molar-refractivity contribution in [2.75, 3.05) is 30.4 Å². The van der Waals surface area contributed by atoms with Gasteiger partial charge in [-0.3, -0.25) is 9.10 Å². The summed E-state index contributed by atoms with van der Waals surface area (Å²) in [6.45, 7) is -0.572. The highest BCUT2D eigenvalue weighted by atomic mass is 35.5. The molecule has 0 heterocycles. The summed E-state index contributed by atoms with van der Waals surface area (Å²) in [4.78, 5) is 12.9. The fourth-order valence-corrected chi connectivity index (χ4v) is 4.59. The Morgan fingerprint density at radius 2 is 1.62 bits per heavy atom. The maximum absolute atomic E-state index is 13.4. The Morgan fingerprint density at radius 3 is 2.22 bits per heavy atom. The van der Waals surface area contributed by atoms with Crippen LogP contribution in [0.2, 0.25) is 5.02 Å². The van der Waals surface area contributed by atoms with E-state index in [1.807, 2.05) is 0 Å². The molecule has 3 rings (SSSR count). The second-order valence-electron chi connectivity index (χ2n) is 6.54. The Labute approximate surface area is 190 Å². The van der Waals surface area contributed by atoms with Crippen LogP contribution in [-0.4, -0.2) is 35.1 Å². The van der Waals surface area contributed by atoms with Crippen LogP contribution in [0.25, 0.3) is 0 Å². The molecule has 3 aromatic rings. The number of carbonyl (C=O) groups excluding carboxylic acids is 1. The Bertz CT molecular complexity index is 1200. The number of halogens is 2. The largest absolute Gasteiger partial charge is 0.495 e. The molecular weight excluding hydrogens is 459 g/mol. The quantitative estimate of drug-likeness (QED) is 0.521. The number of methoxy groups -OCH3 is 2. The Kier molecular flexibility index (Phi) is 7.22. The molecule has 0 unspecified atom stereocenters. The number of carbonyl (C=O) groups is 1. The zero-order valence-electron chi connectivity index (χ0n) is 17.2. The number of anilines is 2. The van der Waals surface area contributed by atoms with Gasteiger partial charge in [-0.2, -0.15) is 0 Å². The number of hydrogen-bond donors (Lipinski definition) is 1. The minimum atomic E-state index is -4.12. The lowest BCUT2D eigenvalue weighted by atomic mass is 10.2. The van der Waals surface area contributed by atoms with E-state index in [1.54, 1.807) is 18.2 Å². The molecule has 0 aromatic heterocycles. The normalized spacial score (nSPS) is 11.0. The molecule has 0 aliphatic carbocycles. The zero-order chi connectivity index (χ0) is 23.3. The molecule has 0 saturated carbocycles. The van der Waals surface area contributed by atoms with E-state index in [1.165, 1.54) is 50.6 Å². The molecule has 7 nitrogen and oxygen atoms in total. The van der Waals surface area contributed by atoms with Crippen molar-refractivity contribution in [3.05, 3.63) is 77.6 Å². The highest BCUT2D eigenvalue weighted by molar-refractivity contribution is 7.92. The number of ether oxygens (including phenoxy) is 2. The van der Waals surface area contributed by atoms with Crippen LogP contribution in [0.5, 0.6) is 11.5 Å². The maximum Gasteiger partial charge on any atom is 0.264 e. The van der Waals surface area contributed by atoms with Gasteiger partial charge in [0.1, 0.15) is 23.9 Å². The fraction of sp³-hybridized carbons (Fsp3) is 0.136. The second kappa shape index (κ2) is 9.88. The zero-order valence-corrected chi connectivity index (χ0v) is 18.8. The van der Waals surface area contributed by atoms with E-state index in [9.17, 15) is 17.6 Å². The lowest BCUT2D eigenvalue weighted by Gasteiger charge is -2.24. The third-order valence-corrected chi connectivity index (χ3v) is 6.56. The summed E-state index contributed by atoms with van der Waals surface area (Å²) in [6.07, 6.45) is 0. The molecule has 0 aliphatic rings. The van der Waals surface area contributed by atoms with E-state index >= 15 is 0 Å². The number of nitrogens with zero attached hydrogens (tertiary/aromatic N) is 1. The summed E-state index contributed by atoms with van der Waals surface area (Å²) in [6, 6.07) is 15.4. The monoisotopic (exact) mass is 478 g/mol. The summed E-state index contributed by atoms with van der Waals surface area (Å²) in [7, 11) is -1.30. The summed E-state index contributed by atoms with van der Waals surface area (Å²) in [5.74, 6) is -0.622. The van der Waals surface area contributed by atoms with Gasteiger partial charge in [0, 0.05) is 12.1 Å². The van der Waals surface area contributed by atoms with Crippen molar-refractivity contribution in [2.24, 2.45) is 0 Å². The molecular formula is C22H20ClFN2O5S. The predicted octanol–water partition coefficient (Wildman–Crippen LogP) is 4.33. The van der Waals surface area contributed by atoms with E-state index in [0.29, 0.717) is 5.75 Å². The van der Waals surface area contributed by atoms with E-state index < -0.39 is 28.3 Å². The first-order chi connectivity index (χ1) is 15.3. The van der Waals surface area contributed by atoms with Crippen LogP contribution in [0.1, 0.15) is 0 Å². The Hall–Kier alpha value is -3.30. The van der Waals surface area contributed by atoms with Crippen molar-refractivity contribution < 1.29 is 27.1 Å². The molecule has 1 N–H and O–H groups in total. The number of amides is 1. The molecule has 0 aliphatic heterocycles. The minimum absolute atomic E-state index is 0.0112. The van der Waals surface area contributed by atoms with Crippen LogP contribution in [0.3, 0.4) is 0 Å². The average molecular weight is 479 g/mol. The molecule has 1 amide bonds. The molecule has 0 saturated heterocycles. The van der Waals surface area contributed by atoms with E-state index in [4.69, 9.17) is 21.1 Å². The van der Waals surface area contributed by atoms with Gasteiger partial charge in [-0.05, 0) is 36.4 Å². The smallest absolute Gasteiger partial charge is 0.264 e. The van der Waals surface area contributed by atoms with Crippen LogP contribution in [0.15, 0.2) is 71.6 Å². The summed E-state index contributed by atoms with van der Waals surface area (Å²) >= 11 is 6.09. The maximum atomic E-state index is 13.4. The van der Waals surface area contributed by atoms with Gasteiger partial charge in [0.05, 0.1) is 35.5 Å². The van der Waals surface area contributed by atoms with Gasteiger partial charge < -0.3 is 14.8 Å². The first-order valence-corrected chi connectivity index (χ1v) is 11.1. The average Bonchev–Trinajstić information content (AvgIpc) is 2.79. The summed E-state index contributed by atoms with van der Waals surface area (Å²) in [5.41, 5.74) is 0.376. The van der Waals surface area contributed by atoms with Crippen molar-refractivity contribution in [3.63, 3.8) is 0 Å². The molecule has 0 fully saturated rings. The molecule has 0 bridgehead atoms. The topological polar surface area (TPSA) is 84.9 Å². The highest BCUT2D eigenvalue weighted by Crippen LogP contribution is 2.36. The van der Waals surface area contributed by atoms with Crippen molar-refractivity contribution in [1.82, 2.24) is 0 Å². The summed E-state index contributed by atoms with van der Waals surface area (Å²) in [5, 5.41) is 2.90. The lowest BCUT2D eigenvalue weighted by molar-refractivity contribution is -0.114. The SMILES string of the molecule is COc1cc(NC(=O)CN(c2ccc(F)cc2)S(=O)(=O)c2ccccc2)c(OC)cc1Cl. The van der Waals surface area contributed by atoms with Gasteiger partial charge >= 0.3 is 0 Å². The van der Waals surface area contributed by atoms with Crippen LogP contribution in [0, 0.1) is 5.82 Å². The van der Waals surface area contributed by atoms with Gasteiger partial charge in [0.15, 0.2) is 0 Å². The standard InChI is InChI=1S/C22H20ClFN2O5S/c1-30-20-13-19(21(31-2)12-18(20)23)25-22(27)14-26(16-10-8-15(24)9-11-16)32(28,29)17-6-4-3-5-7-17/h3-13H,14H2,1-2H3,(H,25,27). The van der Waals surface area contributed by atoms with Crippen molar-refractivity contribution >= 4 is 38.9 Å². The molecule has 0 spiro atoms. The van der Waals surface area contributed by atoms with E-state index in [0.717, 1.165) is 16.4 Å². The highest BCUT2D eigenvalue weighted by Gasteiger charge is 2.27. The molecule has 0 radical (unpaired) electrons. The summed E-state index contributed by atoms with van der Waals surface area (Å²) < 4.78 is 51.2. The van der Waals surface area contributed by atoms with Gasteiger partial charge in [-0.25, -0.2) is 12.8 Å². The van der Waals surface area contributed by atoms with Crippen LogP contribution in [-0.2, 0) is 14.8 Å². The number of sulfonamides is 1. The van der Waals surface area contributed by atoms with Crippen molar-refractivity contribution in [2.45, 2.75) is 4.90 Å². The molecule has 0 atom stereocenters. The van der Waals surface area contributed by atoms with Crippen LogP contribution in [0.4, 0.5) is 15.8 Å². The Balaban J connectivity index is 1.95. The first-order valence-electron chi connectivity index (χ1n) is 9.31. The van der Waals surface area contributed by atoms with Gasteiger partial charge in [-0.15, -0.1) is 0 Å². The fourth-order valence-electron chi connectivity index (χ4n) is 2.92. The van der Waals surface area contributed by atoms with Gasteiger partial charge in [0.2, 0.25) is 5.91 Å². The lowest BCUT2D eigenvalue weighted by Crippen LogP contribution is -2.38. The molecule has 3 aromatic carbocycles. The molecule has 168 valence electrons. The number of benzene rings is 3. The van der Waals surface area contributed by atoms with Crippen LogP contribution < -0.4 is 19.1 Å². The third-order valence-electron chi connectivity index (χ3n) is 4.48. The number of hydrogen-bond acceptors (Lipinski definition) is 5. The van der Waals surface area contributed by atoms with Gasteiger partial charge in [-0.1, -0.05) is 29.8 Å². The van der Waals surface area contributed by atoms with Crippen molar-refractivity contribution in [3.8, 4) is 11.5 Å². The van der Waals surface area contributed by atoms with E-state index in [2.05, 4.69) is 5.32 Å². The Morgan fingerprint density at radius 1 is 1.00 bits per heavy atom. The molecule has 10 heteroatoms. The third kappa shape index (κ3) is 5.12. The van der Waals surface area contributed by atoms with Crippen molar-refractivity contribution in [1.29, 1.82) is 0 Å². The first kappa shape index (κ1) is 23.4. The second-order valence-corrected chi connectivity index (χ2v) is 8.81. The van der Waals surface area contributed by atoms with Crippen LogP contribution >= 0.6 is 11.6 Å². The van der Waals surface area contributed by atoms with Gasteiger partial charge in [0.25, 0.3) is 10.0 Å². The van der Waals surface area contributed by atoms with E-state index in [-0.39, 0.29) is 27.0 Å². The molecule has 32 heavy (non-hydrogen) atoms. The predicted molar refractivity (Wildman–Crippen MR) is 121 cm³/mol.